The summed E-state index contributed by atoms with van der Waals surface area (Å²) in [6.07, 6.45) is -0.731. The standard InChI is InChI=1S/C21H22N4O4/c1-21(2,3)29-20(28)25-16-9-7-6-8-15(16)24(19(25)27)13-10-11-14-17(12-13)23(5)18(26)22(14)4/h6-12H,1-5H3. The van der Waals surface area contributed by atoms with Crippen molar-refractivity contribution in [3.63, 3.8) is 0 Å². The van der Waals surface area contributed by atoms with Crippen LogP contribution in [0, 0.1) is 0 Å². The molecule has 150 valence electrons. The number of rotatable bonds is 1. The number of ether oxygens (including phenoxy) is 1. The first-order valence-electron chi connectivity index (χ1n) is 9.22. The van der Waals surface area contributed by atoms with Gasteiger partial charge < -0.3 is 4.74 Å². The second-order valence-corrected chi connectivity index (χ2v) is 8.00. The van der Waals surface area contributed by atoms with Gasteiger partial charge in [0, 0.05) is 14.1 Å². The molecular formula is C21H22N4O4. The fourth-order valence-corrected chi connectivity index (χ4v) is 3.52. The minimum absolute atomic E-state index is 0.152. The summed E-state index contributed by atoms with van der Waals surface area (Å²) in [5.41, 5.74) is 1.61. The molecule has 0 amide bonds. The van der Waals surface area contributed by atoms with Crippen LogP contribution in [0.15, 0.2) is 52.1 Å². The zero-order valence-corrected chi connectivity index (χ0v) is 17.0. The first-order valence-corrected chi connectivity index (χ1v) is 9.22. The first kappa shape index (κ1) is 18.8. The molecule has 8 nitrogen and oxygen atoms in total. The lowest BCUT2D eigenvalue weighted by Gasteiger charge is -2.19. The Kier molecular flexibility index (Phi) is 4.04. The van der Waals surface area contributed by atoms with Gasteiger partial charge in [-0.1, -0.05) is 12.1 Å². The van der Waals surface area contributed by atoms with Gasteiger partial charge in [-0.05, 0) is 51.1 Å². The molecule has 0 saturated heterocycles. The van der Waals surface area contributed by atoms with E-state index in [1.165, 1.54) is 9.13 Å². The molecule has 2 heterocycles. The third kappa shape index (κ3) is 2.88. The van der Waals surface area contributed by atoms with Crippen molar-refractivity contribution < 1.29 is 9.53 Å². The second-order valence-electron chi connectivity index (χ2n) is 8.00. The Labute approximate surface area is 166 Å². The molecule has 0 aliphatic rings. The normalized spacial score (nSPS) is 12.0. The summed E-state index contributed by atoms with van der Waals surface area (Å²) in [7, 11) is 3.38. The van der Waals surface area contributed by atoms with Gasteiger partial charge in [-0.3, -0.25) is 13.7 Å². The van der Waals surface area contributed by atoms with Crippen LogP contribution in [0.3, 0.4) is 0 Å². The predicted octanol–water partition coefficient (Wildman–Crippen LogP) is 2.77. The zero-order valence-electron chi connectivity index (χ0n) is 17.0. The number of imidazole rings is 2. The number of para-hydroxylation sites is 2. The van der Waals surface area contributed by atoms with Crippen molar-refractivity contribution in [3.05, 3.63) is 63.4 Å². The number of hydrogen-bond donors (Lipinski definition) is 0. The van der Waals surface area contributed by atoms with E-state index >= 15 is 0 Å². The molecule has 4 rings (SSSR count). The summed E-state index contributed by atoms with van der Waals surface area (Å²) in [5.74, 6) is 0. The van der Waals surface area contributed by atoms with Gasteiger partial charge in [0.25, 0.3) is 0 Å². The lowest BCUT2D eigenvalue weighted by molar-refractivity contribution is 0.0538. The number of aryl methyl sites for hydroxylation is 2. The maximum absolute atomic E-state index is 13.3. The lowest BCUT2D eigenvalue weighted by Crippen LogP contribution is -2.34. The van der Waals surface area contributed by atoms with Gasteiger partial charge in [-0.2, -0.15) is 4.57 Å². The lowest BCUT2D eigenvalue weighted by atomic mass is 10.2. The highest BCUT2D eigenvalue weighted by Gasteiger charge is 2.24. The van der Waals surface area contributed by atoms with Crippen molar-refractivity contribution >= 4 is 28.2 Å². The molecule has 0 saturated carbocycles. The molecule has 0 unspecified atom stereocenters. The van der Waals surface area contributed by atoms with E-state index in [2.05, 4.69) is 0 Å². The molecule has 0 fully saturated rings. The van der Waals surface area contributed by atoms with Crippen LogP contribution in [-0.2, 0) is 18.8 Å². The fourth-order valence-electron chi connectivity index (χ4n) is 3.52. The Bertz CT molecular complexity index is 1390. The minimum atomic E-state index is -0.735. The third-order valence-corrected chi connectivity index (χ3v) is 4.84. The van der Waals surface area contributed by atoms with Crippen molar-refractivity contribution in [2.24, 2.45) is 14.1 Å². The molecule has 0 aliphatic carbocycles. The third-order valence-electron chi connectivity index (χ3n) is 4.84. The zero-order chi connectivity index (χ0) is 21.1. The van der Waals surface area contributed by atoms with Crippen molar-refractivity contribution in [1.29, 1.82) is 0 Å². The van der Waals surface area contributed by atoms with E-state index in [0.29, 0.717) is 22.2 Å². The highest BCUT2D eigenvalue weighted by atomic mass is 16.6. The molecule has 8 heteroatoms. The molecule has 0 spiro atoms. The summed E-state index contributed by atoms with van der Waals surface area (Å²) in [6, 6.07) is 12.3. The van der Waals surface area contributed by atoms with Crippen molar-refractivity contribution in [3.8, 4) is 5.69 Å². The van der Waals surface area contributed by atoms with E-state index < -0.39 is 17.4 Å². The second kappa shape index (κ2) is 6.23. The largest absolute Gasteiger partial charge is 0.443 e. The molecular weight excluding hydrogens is 372 g/mol. The van der Waals surface area contributed by atoms with Crippen LogP contribution in [0.5, 0.6) is 0 Å². The van der Waals surface area contributed by atoms with Crippen LogP contribution in [0.4, 0.5) is 4.79 Å². The molecule has 0 bridgehead atoms. The topological polar surface area (TPSA) is 80.2 Å². The molecule has 4 aromatic rings. The molecule has 0 radical (unpaired) electrons. The Morgan fingerprint density at radius 3 is 2.10 bits per heavy atom. The van der Waals surface area contributed by atoms with Crippen molar-refractivity contribution in [2.75, 3.05) is 0 Å². The molecule has 0 N–H and O–H groups in total. The van der Waals surface area contributed by atoms with Gasteiger partial charge in [0.2, 0.25) is 0 Å². The SMILES string of the molecule is Cn1c(=O)n(C)c2cc(-n3c(=O)n(C(=O)OC(C)(C)C)c4ccccc43)ccc21. The van der Waals surface area contributed by atoms with E-state index in [1.807, 2.05) is 0 Å². The van der Waals surface area contributed by atoms with E-state index in [1.54, 1.807) is 81.9 Å². The van der Waals surface area contributed by atoms with Crippen LogP contribution in [0.1, 0.15) is 20.8 Å². The number of fused-ring (bicyclic) bond motifs is 2. The van der Waals surface area contributed by atoms with Crippen LogP contribution in [0.2, 0.25) is 0 Å². The van der Waals surface area contributed by atoms with Gasteiger partial charge in [-0.15, -0.1) is 0 Å². The average molecular weight is 394 g/mol. The molecule has 0 aliphatic heterocycles. The van der Waals surface area contributed by atoms with Crippen molar-refractivity contribution in [2.45, 2.75) is 26.4 Å². The Morgan fingerprint density at radius 1 is 0.828 bits per heavy atom. The minimum Gasteiger partial charge on any atom is -0.443 e. The predicted molar refractivity (Wildman–Crippen MR) is 111 cm³/mol. The summed E-state index contributed by atoms with van der Waals surface area (Å²) < 4.78 is 11.0. The summed E-state index contributed by atoms with van der Waals surface area (Å²) in [6.45, 7) is 5.25. The van der Waals surface area contributed by atoms with Gasteiger partial charge in [0.1, 0.15) is 5.60 Å². The van der Waals surface area contributed by atoms with Crippen LogP contribution < -0.4 is 11.4 Å². The van der Waals surface area contributed by atoms with Gasteiger partial charge in [0.15, 0.2) is 0 Å². The Hall–Kier alpha value is -3.55. The highest BCUT2D eigenvalue weighted by Crippen LogP contribution is 2.22. The number of hydrogen-bond acceptors (Lipinski definition) is 4. The van der Waals surface area contributed by atoms with Crippen LogP contribution in [0.25, 0.3) is 27.8 Å². The maximum Gasteiger partial charge on any atom is 0.423 e. The maximum atomic E-state index is 13.3. The van der Waals surface area contributed by atoms with Gasteiger partial charge in [0.05, 0.1) is 27.8 Å². The van der Waals surface area contributed by atoms with Gasteiger partial charge in [-0.25, -0.2) is 14.4 Å². The Morgan fingerprint density at radius 2 is 1.45 bits per heavy atom. The smallest absolute Gasteiger partial charge is 0.423 e. The van der Waals surface area contributed by atoms with E-state index in [0.717, 1.165) is 10.1 Å². The number of carbonyl (C=O) groups is 1. The summed E-state index contributed by atoms with van der Waals surface area (Å²) >= 11 is 0. The van der Waals surface area contributed by atoms with E-state index in [-0.39, 0.29) is 5.69 Å². The quantitative estimate of drug-likeness (QED) is 0.497. The average Bonchev–Trinajstić information content (AvgIpc) is 3.06. The van der Waals surface area contributed by atoms with E-state index in [9.17, 15) is 14.4 Å². The van der Waals surface area contributed by atoms with Crippen molar-refractivity contribution in [1.82, 2.24) is 18.3 Å². The fraction of sp³-hybridized carbons (Fsp3) is 0.286. The summed E-state index contributed by atoms with van der Waals surface area (Å²) in [5, 5.41) is 0. The van der Waals surface area contributed by atoms with Crippen LogP contribution >= 0.6 is 0 Å². The Balaban J connectivity index is 2.01. The summed E-state index contributed by atoms with van der Waals surface area (Å²) in [4.78, 5) is 38.2. The number of nitrogens with zero attached hydrogens (tertiary/aromatic N) is 4. The molecule has 2 aromatic carbocycles. The van der Waals surface area contributed by atoms with Gasteiger partial charge >= 0.3 is 17.5 Å². The number of carbonyl (C=O) groups excluding carboxylic acids is 1. The number of benzene rings is 2. The highest BCUT2D eigenvalue weighted by molar-refractivity contribution is 5.89. The van der Waals surface area contributed by atoms with E-state index in [4.69, 9.17) is 4.74 Å². The van der Waals surface area contributed by atoms with Crippen LogP contribution in [-0.4, -0.2) is 30.0 Å². The monoisotopic (exact) mass is 394 g/mol. The number of aromatic nitrogens is 4. The molecule has 0 atom stereocenters. The molecule has 29 heavy (non-hydrogen) atoms. The molecule has 2 aromatic heterocycles. The first-order chi connectivity index (χ1) is 13.6.